The Morgan fingerprint density at radius 1 is 1.59 bits per heavy atom. The van der Waals surface area contributed by atoms with Gasteiger partial charge in [0.15, 0.2) is 5.82 Å². The molecular formula is C12H21N3O2. The third-order valence-corrected chi connectivity index (χ3v) is 3.57. The molecule has 0 aliphatic heterocycles. The van der Waals surface area contributed by atoms with Gasteiger partial charge < -0.3 is 15.0 Å². The molecule has 2 atom stereocenters. The van der Waals surface area contributed by atoms with Gasteiger partial charge in [-0.25, -0.2) is 0 Å². The van der Waals surface area contributed by atoms with E-state index in [1.165, 1.54) is 0 Å². The lowest BCUT2D eigenvalue weighted by Gasteiger charge is -2.23. The normalized spacial score (nSPS) is 28.8. The number of hydrogen-bond donors (Lipinski definition) is 1. The van der Waals surface area contributed by atoms with Crippen LogP contribution in [0.2, 0.25) is 0 Å². The maximum absolute atomic E-state index is 6.12. The first-order valence-corrected chi connectivity index (χ1v) is 6.33. The molecule has 1 aliphatic rings. The lowest BCUT2D eigenvalue weighted by molar-refractivity contribution is 0.114. The summed E-state index contributed by atoms with van der Waals surface area (Å²) in [6.45, 7) is 5.32. The summed E-state index contributed by atoms with van der Waals surface area (Å²) in [4.78, 5) is 4.40. The maximum atomic E-state index is 6.12. The van der Waals surface area contributed by atoms with E-state index in [1.807, 2.05) is 0 Å². The standard InChI is InChI=1S/C12H21N3O2/c1-3-7-16-8-10-14-11(17-15-10)12(2)6-4-5-9(12)13/h9H,3-8,13H2,1-2H3. The van der Waals surface area contributed by atoms with E-state index in [4.69, 9.17) is 15.0 Å². The molecule has 1 saturated carbocycles. The predicted octanol–water partition coefficient (Wildman–Crippen LogP) is 1.77. The van der Waals surface area contributed by atoms with Gasteiger partial charge in [0.25, 0.3) is 0 Å². The van der Waals surface area contributed by atoms with Crippen molar-refractivity contribution in [2.24, 2.45) is 5.73 Å². The molecule has 1 aromatic rings. The van der Waals surface area contributed by atoms with Crippen molar-refractivity contribution in [3.63, 3.8) is 0 Å². The first kappa shape index (κ1) is 12.5. The largest absolute Gasteiger partial charge is 0.373 e. The topological polar surface area (TPSA) is 74.2 Å². The number of ether oxygens (including phenoxy) is 1. The Balaban J connectivity index is 2.02. The smallest absolute Gasteiger partial charge is 0.234 e. The zero-order chi connectivity index (χ0) is 12.3. The molecule has 0 radical (unpaired) electrons. The summed E-state index contributed by atoms with van der Waals surface area (Å²) in [5.41, 5.74) is 5.96. The summed E-state index contributed by atoms with van der Waals surface area (Å²) in [5.74, 6) is 1.28. The third-order valence-electron chi connectivity index (χ3n) is 3.57. The van der Waals surface area contributed by atoms with Crippen LogP contribution in [-0.4, -0.2) is 22.8 Å². The van der Waals surface area contributed by atoms with E-state index in [0.29, 0.717) is 18.3 Å². The molecule has 0 spiro atoms. The van der Waals surface area contributed by atoms with Gasteiger partial charge in [0.05, 0.1) is 5.41 Å². The molecule has 1 fully saturated rings. The van der Waals surface area contributed by atoms with Gasteiger partial charge in [0.2, 0.25) is 5.89 Å². The highest BCUT2D eigenvalue weighted by Crippen LogP contribution is 2.38. The molecule has 5 nitrogen and oxygen atoms in total. The minimum atomic E-state index is -0.157. The van der Waals surface area contributed by atoms with E-state index in [9.17, 15) is 0 Å². The second kappa shape index (κ2) is 5.14. The Bertz CT molecular complexity index is 366. The molecule has 2 rings (SSSR count). The van der Waals surface area contributed by atoms with E-state index in [2.05, 4.69) is 24.0 Å². The van der Waals surface area contributed by atoms with Crippen LogP contribution in [0.4, 0.5) is 0 Å². The maximum Gasteiger partial charge on any atom is 0.234 e. The molecule has 0 amide bonds. The molecule has 1 heterocycles. The van der Waals surface area contributed by atoms with Crippen molar-refractivity contribution in [1.29, 1.82) is 0 Å². The van der Waals surface area contributed by atoms with Crippen LogP contribution in [0.25, 0.3) is 0 Å². The van der Waals surface area contributed by atoms with Gasteiger partial charge >= 0.3 is 0 Å². The van der Waals surface area contributed by atoms with E-state index in [1.54, 1.807) is 0 Å². The lowest BCUT2D eigenvalue weighted by atomic mass is 9.85. The Hall–Kier alpha value is -0.940. The number of hydrogen-bond acceptors (Lipinski definition) is 5. The van der Waals surface area contributed by atoms with E-state index in [-0.39, 0.29) is 11.5 Å². The molecule has 2 N–H and O–H groups in total. The van der Waals surface area contributed by atoms with Crippen LogP contribution in [0.3, 0.4) is 0 Å². The van der Waals surface area contributed by atoms with Crippen LogP contribution >= 0.6 is 0 Å². The van der Waals surface area contributed by atoms with Crippen molar-refractivity contribution >= 4 is 0 Å². The fraction of sp³-hybridized carbons (Fsp3) is 0.833. The number of nitrogens with zero attached hydrogens (tertiary/aromatic N) is 2. The average molecular weight is 239 g/mol. The highest BCUT2D eigenvalue weighted by atomic mass is 16.5. The summed E-state index contributed by atoms with van der Waals surface area (Å²) in [6, 6.07) is 0.118. The summed E-state index contributed by atoms with van der Waals surface area (Å²) in [6.07, 6.45) is 4.17. The fourth-order valence-corrected chi connectivity index (χ4v) is 2.31. The zero-order valence-corrected chi connectivity index (χ0v) is 10.6. The predicted molar refractivity (Wildman–Crippen MR) is 63.4 cm³/mol. The van der Waals surface area contributed by atoms with Crippen LogP contribution in [0, 0.1) is 0 Å². The summed E-state index contributed by atoms with van der Waals surface area (Å²) < 4.78 is 10.7. The summed E-state index contributed by atoms with van der Waals surface area (Å²) in [7, 11) is 0. The second-order valence-electron chi connectivity index (χ2n) is 4.98. The van der Waals surface area contributed by atoms with Crippen LogP contribution in [0.15, 0.2) is 4.52 Å². The third kappa shape index (κ3) is 2.50. The van der Waals surface area contributed by atoms with Gasteiger partial charge in [0.1, 0.15) is 6.61 Å². The highest BCUT2D eigenvalue weighted by Gasteiger charge is 2.42. The number of nitrogens with two attached hydrogens (primary N) is 1. The van der Waals surface area contributed by atoms with Gasteiger partial charge in [-0.2, -0.15) is 4.98 Å². The molecule has 0 aromatic carbocycles. The molecule has 2 unspecified atom stereocenters. The van der Waals surface area contributed by atoms with Crippen LogP contribution in [0.5, 0.6) is 0 Å². The minimum Gasteiger partial charge on any atom is -0.373 e. The van der Waals surface area contributed by atoms with Crippen LogP contribution in [0.1, 0.15) is 51.2 Å². The Morgan fingerprint density at radius 2 is 2.41 bits per heavy atom. The van der Waals surface area contributed by atoms with E-state index < -0.39 is 0 Å². The van der Waals surface area contributed by atoms with Crippen molar-refractivity contribution in [1.82, 2.24) is 10.1 Å². The van der Waals surface area contributed by atoms with Crippen LogP contribution in [-0.2, 0) is 16.8 Å². The van der Waals surface area contributed by atoms with Crippen molar-refractivity contribution in [2.75, 3.05) is 6.61 Å². The van der Waals surface area contributed by atoms with Gasteiger partial charge in [-0.15, -0.1) is 0 Å². The van der Waals surface area contributed by atoms with Gasteiger partial charge in [-0.05, 0) is 26.2 Å². The Morgan fingerprint density at radius 3 is 3.06 bits per heavy atom. The molecule has 0 bridgehead atoms. The molecule has 96 valence electrons. The second-order valence-corrected chi connectivity index (χ2v) is 4.98. The number of aromatic nitrogens is 2. The highest BCUT2D eigenvalue weighted by molar-refractivity contribution is 5.11. The number of rotatable bonds is 5. The van der Waals surface area contributed by atoms with Gasteiger partial charge in [-0.1, -0.05) is 18.5 Å². The monoisotopic (exact) mass is 239 g/mol. The Labute approximate surface area is 102 Å². The van der Waals surface area contributed by atoms with Crippen molar-refractivity contribution in [3.8, 4) is 0 Å². The summed E-state index contributed by atoms with van der Waals surface area (Å²) >= 11 is 0. The van der Waals surface area contributed by atoms with Gasteiger partial charge in [-0.3, -0.25) is 0 Å². The van der Waals surface area contributed by atoms with Gasteiger partial charge in [0, 0.05) is 12.6 Å². The zero-order valence-electron chi connectivity index (χ0n) is 10.6. The molecular weight excluding hydrogens is 218 g/mol. The first-order chi connectivity index (χ1) is 8.16. The minimum absolute atomic E-state index is 0.118. The molecule has 1 aliphatic carbocycles. The SMILES string of the molecule is CCCOCc1noc(C2(C)CCCC2N)n1. The van der Waals surface area contributed by atoms with E-state index in [0.717, 1.165) is 32.3 Å². The van der Waals surface area contributed by atoms with Crippen molar-refractivity contribution in [3.05, 3.63) is 11.7 Å². The molecule has 17 heavy (non-hydrogen) atoms. The first-order valence-electron chi connectivity index (χ1n) is 6.33. The lowest BCUT2D eigenvalue weighted by Crippen LogP contribution is -2.38. The molecule has 0 saturated heterocycles. The van der Waals surface area contributed by atoms with Crippen LogP contribution < -0.4 is 5.73 Å². The summed E-state index contributed by atoms with van der Waals surface area (Å²) in [5, 5.41) is 3.95. The Kier molecular flexibility index (Phi) is 3.79. The quantitative estimate of drug-likeness (QED) is 0.792. The molecule has 5 heteroatoms. The van der Waals surface area contributed by atoms with Crippen molar-refractivity contribution < 1.29 is 9.26 Å². The van der Waals surface area contributed by atoms with Crippen molar-refractivity contribution in [2.45, 2.75) is 57.6 Å². The van der Waals surface area contributed by atoms with E-state index >= 15 is 0 Å². The molecule has 1 aromatic heterocycles. The fourth-order valence-electron chi connectivity index (χ4n) is 2.31. The average Bonchev–Trinajstić information content (AvgIpc) is 2.89.